The molecule has 60 heavy (non-hydrogen) atoms. The Balaban J connectivity index is 1.48. The van der Waals surface area contributed by atoms with E-state index in [2.05, 4.69) is 26.0 Å². The van der Waals surface area contributed by atoms with Crippen LogP contribution in [0.25, 0.3) is 11.2 Å². The zero-order valence-electron chi connectivity index (χ0n) is 35.1. The first-order valence-electron chi connectivity index (χ1n) is 19.6. The van der Waals surface area contributed by atoms with Gasteiger partial charge in [-0.2, -0.15) is 10.2 Å². The van der Waals surface area contributed by atoms with Crippen LogP contribution in [0.5, 0.6) is 11.5 Å². The number of aromatic nitrogens is 4. The summed E-state index contributed by atoms with van der Waals surface area (Å²) in [5.74, 6) is 1.33. The number of ether oxygens (including phenoxy) is 4. The van der Waals surface area contributed by atoms with Crippen LogP contribution >= 0.6 is 8.53 Å². The van der Waals surface area contributed by atoms with Crippen LogP contribution in [0.4, 0.5) is 10.3 Å². The molecule has 1 fully saturated rings. The first-order chi connectivity index (χ1) is 28.9. The molecular formula is C43H52FN8O7P. The number of methoxy groups -OCH3 is 2. The number of nitrogens with zero attached hydrogens (tertiary/aromatic N) is 7. The van der Waals surface area contributed by atoms with Gasteiger partial charge in [0.2, 0.25) is 5.95 Å². The third-order valence-corrected chi connectivity index (χ3v) is 12.0. The van der Waals surface area contributed by atoms with Gasteiger partial charge >= 0.3 is 0 Å². The highest BCUT2D eigenvalue weighted by Gasteiger charge is 2.51. The van der Waals surface area contributed by atoms with E-state index in [1.165, 1.54) is 17.2 Å². The molecule has 3 aromatic carbocycles. The maximum atomic E-state index is 17.6. The summed E-state index contributed by atoms with van der Waals surface area (Å²) in [7, 11) is 4.83. The second-order valence-corrected chi connectivity index (χ2v) is 16.3. The fraction of sp³-hybridized carbons (Fsp3) is 0.419. The Morgan fingerprint density at radius 3 is 2.13 bits per heavy atom. The molecule has 0 bridgehead atoms. The largest absolute Gasteiger partial charge is 0.497 e. The Kier molecular flexibility index (Phi) is 14.7. The quantitative estimate of drug-likeness (QED) is 0.0292. The average molecular weight is 843 g/mol. The Morgan fingerprint density at radius 2 is 1.58 bits per heavy atom. The van der Waals surface area contributed by atoms with Crippen molar-refractivity contribution in [3.8, 4) is 17.6 Å². The van der Waals surface area contributed by atoms with Crippen LogP contribution in [-0.2, 0) is 24.1 Å². The number of nitrogens with one attached hydrogen (secondary N) is 1. The maximum Gasteiger partial charge on any atom is 0.280 e. The van der Waals surface area contributed by atoms with Gasteiger partial charge in [-0.1, -0.05) is 54.6 Å². The molecule has 0 spiro atoms. The van der Waals surface area contributed by atoms with Crippen LogP contribution < -0.4 is 15.0 Å². The molecule has 2 aromatic heterocycles. The molecule has 0 aliphatic carbocycles. The zero-order valence-corrected chi connectivity index (χ0v) is 36.0. The Hall–Kier alpha value is -5.27. The van der Waals surface area contributed by atoms with Gasteiger partial charge in [0.1, 0.15) is 29.3 Å². The van der Waals surface area contributed by atoms with E-state index in [4.69, 9.17) is 28.0 Å². The summed E-state index contributed by atoms with van der Waals surface area (Å²) in [6, 6.07) is 26.9. The number of rotatable bonds is 19. The van der Waals surface area contributed by atoms with E-state index in [1.54, 1.807) is 33.2 Å². The SMILES string of the molecule is COc1ccc(C(OC[C@H]2O[C@@H](n3cnc4c(=O)[nH]c(/N=C/N(C)C)nc43)C(F)[C@H]2OP(OCCC#N)N(C(C)C)C(C)C)(c2ccccc2)c2ccc(OC)cc2)cc1. The number of aromatic amines is 1. The Bertz CT molecular complexity index is 2230. The van der Waals surface area contributed by atoms with Crippen molar-refractivity contribution in [2.45, 2.75) is 76.4 Å². The van der Waals surface area contributed by atoms with Crippen molar-refractivity contribution in [2.75, 3.05) is 41.5 Å². The fourth-order valence-electron chi connectivity index (χ4n) is 7.19. The van der Waals surface area contributed by atoms with Gasteiger partial charge in [0.25, 0.3) is 14.1 Å². The Labute approximate surface area is 350 Å². The molecule has 1 aliphatic rings. The number of hydrogen-bond acceptors (Lipinski definition) is 12. The summed E-state index contributed by atoms with van der Waals surface area (Å²) < 4.78 is 58.9. The molecule has 3 heterocycles. The fourth-order valence-corrected chi connectivity index (χ4v) is 8.96. The lowest BCUT2D eigenvalue weighted by Gasteiger charge is -2.39. The number of imidazole rings is 1. The molecule has 5 aromatic rings. The minimum atomic E-state index is -1.93. The van der Waals surface area contributed by atoms with Gasteiger partial charge in [-0.3, -0.25) is 14.3 Å². The number of halogens is 1. The molecule has 17 heteroatoms. The topological polar surface area (TPSA) is 162 Å². The van der Waals surface area contributed by atoms with Crippen LogP contribution in [0.15, 0.2) is 95.0 Å². The van der Waals surface area contributed by atoms with Crippen molar-refractivity contribution < 1.29 is 32.4 Å². The summed E-state index contributed by atoms with van der Waals surface area (Å²) >= 11 is 0. The molecule has 1 N–H and O–H groups in total. The molecule has 1 saturated heterocycles. The number of aliphatic imine (C=N–C) groups is 1. The first-order valence-corrected chi connectivity index (χ1v) is 20.7. The van der Waals surface area contributed by atoms with Gasteiger partial charge in [0.15, 0.2) is 23.6 Å². The number of benzene rings is 3. The van der Waals surface area contributed by atoms with Gasteiger partial charge in [-0.25, -0.2) is 19.0 Å². The van der Waals surface area contributed by atoms with Crippen LogP contribution in [-0.4, -0.2) is 107 Å². The van der Waals surface area contributed by atoms with Crippen molar-refractivity contribution in [1.82, 2.24) is 29.1 Å². The van der Waals surface area contributed by atoms with Gasteiger partial charge in [-0.05, 0) is 68.7 Å². The van der Waals surface area contributed by atoms with Crippen molar-refractivity contribution in [3.63, 3.8) is 0 Å². The molecule has 0 amide bonds. The number of fused-ring (bicyclic) bond motifs is 1. The van der Waals surface area contributed by atoms with Crippen molar-refractivity contribution in [3.05, 3.63) is 112 Å². The number of H-pyrrole nitrogens is 1. The summed E-state index contributed by atoms with van der Waals surface area (Å²) in [5, 5.41) is 9.38. The minimum absolute atomic E-state index is 0.00888. The lowest BCUT2D eigenvalue weighted by Crippen LogP contribution is -2.41. The number of hydrogen-bond donors (Lipinski definition) is 1. The summed E-state index contributed by atoms with van der Waals surface area (Å²) in [4.78, 5) is 30.6. The molecule has 1 aliphatic heterocycles. The number of alkyl halides is 1. The standard InChI is InChI=1S/C43H52FN8O7P/c1-28(2)52(29(3)4)60(57-24-12-23-45)59-38-35(58-41(36(38)44)51-27-46-37-39(51)48-42(49-40(37)53)47-26-50(5)6)25-56-43(30-13-10-9-11-14-30,31-15-19-33(54-7)20-16-31)32-17-21-34(55-8)22-18-32/h9-11,13-22,26-29,35-36,38,41H,12,24-25H2,1-8H3,(H,48,49,53)/b47-26+/t35-,36?,38+,41-,60?/m1/s1. The van der Waals surface area contributed by atoms with E-state index in [-0.39, 0.29) is 48.8 Å². The van der Waals surface area contributed by atoms with Crippen LogP contribution in [0.1, 0.15) is 57.0 Å². The van der Waals surface area contributed by atoms with Crippen molar-refractivity contribution in [1.29, 1.82) is 5.26 Å². The van der Waals surface area contributed by atoms with E-state index in [0.29, 0.717) is 11.5 Å². The van der Waals surface area contributed by atoms with Crippen LogP contribution in [0, 0.1) is 11.3 Å². The molecule has 6 rings (SSSR count). The average Bonchev–Trinajstić information content (AvgIpc) is 3.81. The monoisotopic (exact) mass is 842 g/mol. The van der Waals surface area contributed by atoms with Gasteiger partial charge < -0.3 is 32.9 Å². The zero-order chi connectivity index (χ0) is 43.0. The van der Waals surface area contributed by atoms with Gasteiger partial charge in [-0.15, -0.1) is 0 Å². The molecular weight excluding hydrogens is 790 g/mol. The summed E-state index contributed by atoms with van der Waals surface area (Å²) in [6.45, 7) is 7.91. The van der Waals surface area contributed by atoms with E-state index in [9.17, 15) is 10.1 Å². The third-order valence-electron chi connectivity index (χ3n) is 9.88. The third kappa shape index (κ3) is 9.52. The molecule has 0 radical (unpaired) electrons. The highest BCUT2D eigenvalue weighted by Crippen LogP contribution is 2.51. The second-order valence-electron chi connectivity index (χ2n) is 14.9. The first kappa shape index (κ1) is 44.3. The smallest absolute Gasteiger partial charge is 0.280 e. The van der Waals surface area contributed by atoms with E-state index < -0.39 is 44.3 Å². The summed E-state index contributed by atoms with van der Waals surface area (Å²) in [5.41, 5.74) is 0.595. The van der Waals surface area contributed by atoms with E-state index in [0.717, 1.165) is 16.7 Å². The molecule has 15 nitrogen and oxygen atoms in total. The minimum Gasteiger partial charge on any atom is -0.497 e. The molecule has 2 unspecified atom stereocenters. The lowest BCUT2D eigenvalue weighted by molar-refractivity contribution is -0.0919. The Morgan fingerprint density at radius 1 is 0.983 bits per heavy atom. The summed E-state index contributed by atoms with van der Waals surface area (Å²) in [6.07, 6.45) is -2.59. The highest BCUT2D eigenvalue weighted by molar-refractivity contribution is 7.44. The van der Waals surface area contributed by atoms with Crippen molar-refractivity contribution >= 4 is 32.0 Å². The van der Waals surface area contributed by atoms with Crippen LogP contribution in [0.2, 0.25) is 0 Å². The molecule has 5 atom stereocenters. The molecule has 0 saturated carbocycles. The van der Waals surface area contributed by atoms with Gasteiger partial charge in [0, 0.05) is 26.2 Å². The van der Waals surface area contributed by atoms with E-state index in [1.807, 2.05) is 111 Å². The van der Waals surface area contributed by atoms with Crippen molar-refractivity contribution in [2.24, 2.45) is 4.99 Å². The predicted octanol–water partition coefficient (Wildman–Crippen LogP) is 7.26. The molecule has 318 valence electrons. The number of nitriles is 1. The second kappa shape index (κ2) is 19.9. The predicted molar refractivity (Wildman–Crippen MR) is 227 cm³/mol. The normalized spacial score (nSPS) is 18.8. The maximum absolute atomic E-state index is 17.6. The van der Waals surface area contributed by atoms with Crippen LogP contribution in [0.3, 0.4) is 0 Å². The van der Waals surface area contributed by atoms with E-state index >= 15 is 4.39 Å². The van der Waals surface area contributed by atoms with Gasteiger partial charge in [0.05, 0.1) is 52.6 Å². The lowest BCUT2D eigenvalue weighted by atomic mass is 9.80. The highest BCUT2D eigenvalue weighted by atomic mass is 31.2.